The van der Waals surface area contributed by atoms with Gasteiger partial charge in [-0.2, -0.15) is 5.10 Å². The fourth-order valence-electron chi connectivity index (χ4n) is 3.84. The zero-order chi connectivity index (χ0) is 17.4. The van der Waals surface area contributed by atoms with Crippen LogP contribution in [0.1, 0.15) is 34.6 Å². The second-order valence-corrected chi connectivity index (χ2v) is 7.09. The van der Waals surface area contributed by atoms with Crippen LogP contribution in [0.2, 0.25) is 0 Å². The summed E-state index contributed by atoms with van der Waals surface area (Å²) in [5.74, 6) is 0.729. The van der Waals surface area contributed by atoms with Crippen molar-refractivity contribution in [2.24, 2.45) is 5.92 Å². The van der Waals surface area contributed by atoms with E-state index in [-0.39, 0.29) is 5.91 Å². The average Bonchev–Trinajstić information content (AvgIpc) is 3.18. The number of carbonyl (C=O) groups is 1. The van der Waals surface area contributed by atoms with Gasteiger partial charge in [-0.25, -0.2) is 0 Å². The lowest BCUT2D eigenvalue weighted by Gasteiger charge is -2.32. The number of para-hydroxylation sites is 1. The number of aromatic amines is 1. The Balaban J connectivity index is 1.41. The van der Waals surface area contributed by atoms with Gasteiger partial charge in [-0.1, -0.05) is 18.2 Å². The van der Waals surface area contributed by atoms with E-state index >= 15 is 0 Å². The van der Waals surface area contributed by atoms with Crippen molar-refractivity contribution in [2.75, 3.05) is 13.1 Å². The van der Waals surface area contributed by atoms with Crippen LogP contribution < -0.4 is 0 Å². The molecule has 3 aromatic rings. The maximum absolute atomic E-state index is 12.9. The summed E-state index contributed by atoms with van der Waals surface area (Å²) < 4.78 is 2.11. The summed E-state index contributed by atoms with van der Waals surface area (Å²) in [6.07, 6.45) is 3.91. The second kappa shape index (κ2) is 6.39. The van der Waals surface area contributed by atoms with E-state index < -0.39 is 0 Å². The predicted octanol–water partition coefficient (Wildman–Crippen LogP) is 3.53. The molecule has 130 valence electrons. The molecule has 1 aliphatic heterocycles. The zero-order valence-electron chi connectivity index (χ0n) is 14.8. The average molecular weight is 336 g/mol. The van der Waals surface area contributed by atoms with Crippen molar-refractivity contribution in [1.29, 1.82) is 0 Å². The van der Waals surface area contributed by atoms with Crippen LogP contribution in [0.25, 0.3) is 10.9 Å². The first-order valence-electron chi connectivity index (χ1n) is 8.98. The summed E-state index contributed by atoms with van der Waals surface area (Å²) in [6.45, 7) is 6.74. The third-order valence-electron chi connectivity index (χ3n) is 5.26. The molecule has 1 amide bonds. The molecule has 25 heavy (non-hydrogen) atoms. The monoisotopic (exact) mass is 336 g/mol. The quantitative estimate of drug-likeness (QED) is 0.795. The minimum absolute atomic E-state index is 0.141. The van der Waals surface area contributed by atoms with Gasteiger partial charge in [-0.3, -0.25) is 9.48 Å². The Morgan fingerprint density at radius 2 is 2.00 bits per heavy atom. The number of H-pyrrole nitrogens is 1. The summed E-state index contributed by atoms with van der Waals surface area (Å²) in [7, 11) is 0. The van der Waals surface area contributed by atoms with Crippen molar-refractivity contribution in [3.63, 3.8) is 0 Å². The second-order valence-electron chi connectivity index (χ2n) is 7.09. The zero-order valence-corrected chi connectivity index (χ0v) is 14.8. The van der Waals surface area contributed by atoms with Gasteiger partial charge >= 0.3 is 0 Å². The Morgan fingerprint density at radius 1 is 1.24 bits per heavy atom. The molecule has 0 unspecified atom stereocenters. The molecule has 1 saturated heterocycles. The van der Waals surface area contributed by atoms with Gasteiger partial charge in [0.1, 0.15) is 0 Å². The van der Waals surface area contributed by atoms with Crippen molar-refractivity contribution >= 4 is 16.8 Å². The molecule has 4 rings (SSSR count). The Kier molecular flexibility index (Phi) is 4.07. The third-order valence-corrected chi connectivity index (χ3v) is 5.26. The lowest BCUT2D eigenvalue weighted by atomic mass is 9.96. The van der Waals surface area contributed by atoms with Gasteiger partial charge in [0.25, 0.3) is 5.91 Å². The molecule has 1 N–H and O–H groups in total. The number of benzene rings is 1. The Labute approximate surface area is 147 Å². The molecule has 1 fully saturated rings. The summed E-state index contributed by atoms with van der Waals surface area (Å²) in [6, 6.07) is 10.1. The van der Waals surface area contributed by atoms with Gasteiger partial charge in [0, 0.05) is 42.4 Å². The minimum atomic E-state index is 0.141. The summed E-state index contributed by atoms with van der Waals surface area (Å²) in [4.78, 5) is 18.1. The highest BCUT2D eigenvalue weighted by Gasteiger charge is 2.25. The number of nitrogens with one attached hydrogen (secondary N) is 1. The predicted molar refractivity (Wildman–Crippen MR) is 98.6 cm³/mol. The summed E-state index contributed by atoms with van der Waals surface area (Å²) >= 11 is 0. The SMILES string of the molecule is Cc1cc(C)n(CC2CCN(C(=O)c3c[nH]c4ccccc34)CC2)n1. The molecule has 0 bridgehead atoms. The van der Waals surface area contributed by atoms with Crippen LogP contribution in [0.15, 0.2) is 36.5 Å². The van der Waals surface area contributed by atoms with Gasteiger partial charge in [-0.15, -0.1) is 0 Å². The van der Waals surface area contributed by atoms with E-state index in [0.717, 1.165) is 54.6 Å². The van der Waals surface area contributed by atoms with Crippen LogP contribution in [0.5, 0.6) is 0 Å². The smallest absolute Gasteiger partial charge is 0.256 e. The fraction of sp³-hybridized carbons (Fsp3) is 0.400. The van der Waals surface area contributed by atoms with Gasteiger partial charge < -0.3 is 9.88 Å². The Morgan fingerprint density at radius 3 is 2.72 bits per heavy atom. The van der Waals surface area contributed by atoms with E-state index in [9.17, 15) is 4.79 Å². The number of aromatic nitrogens is 3. The van der Waals surface area contributed by atoms with E-state index in [4.69, 9.17) is 0 Å². The molecular formula is C20H24N4O. The fourth-order valence-corrected chi connectivity index (χ4v) is 3.84. The molecule has 5 heteroatoms. The van der Waals surface area contributed by atoms with Crippen LogP contribution >= 0.6 is 0 Å². The van der Waals surface area contributed by atoms with Gasteiger partial charge in [-0.05, 0) is 44.7 Å². The van der Waals surface area contributed by atoms with E-state index in [2.05, 4.69) is 27.8 Å². The van der Waals surface area contributed by atoms with Crippen molar-refractivity contribution in [3.05, 3.63) is 53.5 Å². The minimum Gasteiger partial charge on any atom is -0.360 e. The summed E-state index contributed by atoms with van der Waals surface area (Å²) in [5.41, 5.74) is 4.09. The van der Waals surface area contributed by atoms with Gasteiger partial charge in [0.15, 0.2) is 0 Å². The number of nitrogens with zero attached hydrogens (tertiary/aromatic N) is 3. The first-order chi connectivity index (χ1) is 12.1. The molecule has 0 radical (unpaired) electrons. The molecule has 5 nitrogen and oxygen atoms in total. The van der Waals surface area contributed by atoms with Crippen LogP contribution in [-0.4, -0.2) is 38.7 Å². The maximum atomic E-state index is 12.9. The molecule has 1 aliphatic rings. The highest BCUT2D eigenvalue weighted by molar-refractivity contribution is 6.06. The van der Waals surface area contributed by atoms with E-state index in [1.54, 1.807) is 0 Å². The number of amides is 1. The number of hydrogen-bond acceptors (Lipinski definition) is 2. The highest BCUT2D eigenvalue weighted by Crippen LogP contribution is 2.24. The number of carbonyl (C=O) groups excluding carboxylic acids is 1. The molecule has 0 spiro atoms. The van der Waals surface area contributed by atoms with Crippen molar-refractivity contribution in [2.45, 2.75) is 33.2 Å². The van der Waals surface area contributed by atoms with E-state index in [1.165, 1.54) is 5.69 Å². The first-order valence-corrected chi connectivity index (χ1v) is 8.98. The number of aryl methyl sites for hydroxylation is 2. The highest BCUT2D eigenvalue weighted by atomic mass is 16.2. The standard InChI is InChI=1S/C20H24N4O/c1-14-11-15(2)24(22-14)13-16-7-9-23(10-8-16)20(25)18-12-21-19-6-4-3-5-17(18)19/h3-6,11-12,16,21H,7-10,13H2,1-2H3. The van der Waals surface area contributed by atoms with Crippen molar-refractivity contribution < 1.29 is 4.79 Å². The summed E-state index contributed by atoms with van der Waals surface area (Å²) in [5, 5.41) is 5.58. The third kappa shape index (κ3) is 3.06. The van der Waals surface area contributed by atoms with Crippen LogP contribution in [-0.2, 0) is 6.54 Å². The molecule has 0 aliphatic carbocycles. The number of hydrogen-bond donors (Lipinski definition) is 1. The lowest BCUT2D eigenvalue weighted by Crippen LogP contribution is -2.39. The van der Waals surface area contributed by atoms with Crippen LogP contribution in [0, 0.1) is 19.8 Å². The number of rotatable bonds is 3. The largest absolute Gasteiger partial charge is 0.360 e. The number of piperidine rings is 1. The molecule has 1 aromatic carbocycles. The number of likely N-dealkylation sites (tertiary alicyclic amines) is 1. The first kappa shape index (κ1) is 15.9. The van der Waals surface area contributed by atoms with Gasteiger partial charge in [0.2, 0.25) is 0 Å². The van der Waals surface area contributed by atoms with Crippen LogP contribution in [0.4, 0.5) is 0 Å². The normalized spacial score (nSPS) is 15.8. The Hall–Kier alpha value is -2.56. The van der Waals surface area contributed by atoms with Crippen molar-refractivity contribution in [1.82, 2.24) is 19.7 Å². The Bertz CT molecular complexity index is 899. The molecule has 0 atom stereocenters. The topological polar surface area (TPSA) is 53.9 Å². The van der Waals surface area contributed by atoms with E-state index in [0.29, 0.717) is 5.92 Å². The molecule has 0 saturated carbocycles. The maximum Gasteiger partial charge on any atom is 0.256 e. The molecule has 2 aromatic heterocycles. The van der Waals surface area contributed by atoms with E-state index in [1.807, 2.05) is 42.3 Å². The lowest BCUT2D eigenvalue weighted by molar-refractivity contribution is 0.0683. The van der Waals surface area contributed by atoms with Crippen LogP contribution in [0.3, 0.4) is 0 Å². The number of fused-ring (bicyclic) bond motifs is 1. The molecule has 3 heterocycles. The molecular weight excluding hydrogens is 312 g/mol. The van der Waals surface area contributed by atoms with Crippen molar-refractivity contribution in [3.8, 4) is 0 Å². The van der Waals surface area contributed by atoms with Gasteiger partial charge in [0.05, 0.1) is 11.3 Å².